The summed E-state index contributed by atoms with van der Waals surface area (Å²) in [6, 6.07) is 14.6. The molecule has 1 amide bonds. The Labute approximate surface area is 195 Å². The molecule has 0 radical (unpaired) electrons. The highest BCUT2D eigenvalue weighted by Crippen LogP contribution is 2.52. The van der Waals surface area contributed by atoms with E-state index in [1.165, 1.54) is 0 Å². The number of benzene rings is 2. The van der Waals surface area contributed by atoms with E-state index in [0.29, 0.717) is 29.3 Å². The van der Waals surface area contributed by atoms with E-state index >= 15 is 0 Å². The van der Waals surface area contributed by atoms with Crippen LogP contribution in [-0.2, 0) is 9.59 Å². The average Bonchev–Trinajstić information content (AvgIpc) is 2.72. The summed E-state index contributed by atoms with van der Waals surface area (Å²) in [6.45, 7) is 9.38. The van der Waals surface area contributed by atoms with Crippen molar-refractivity contribution in [2.24, 2.45) is 5.41 Å². The first-order chi connectivity index (χ1) is 14.7. The highest BCUT2D eigenvalue weighted by Gasteiger charge is 2.51. The number of carbonyl (C=O) groups is 2. The molecule has 0 aromatic heterocycles. The summed E-state index contributed by atoms with van der Waals surface area (Å²) in [6.07, 6.45) is 3.53. The fourth-order valence-corrected chi connectivity index (χ4v) is 5.24. The standard InChI is InChI=1S/C26H29Cl2NO2/c1-5-14-26(4)16-22(19-8-7-9-21(28)15-19)24(18-10-12-20(27)13-11-18)29(25(26)31)23(6-2)17(3)30/h5,7-13,15,22-24H,1,6,14,16H2,2-4H3/t22-,23+,24-,26-/m1/s1. The number of piperidine rings is 1. The van der Waals surface area contributed by atoms with Gasteiger partial charge in [0, 0.05) is 16.0 Å². The lowest BCUT2D eigenvalue weighted by molar-refractivity contribution is -0.157. The zero-order chi connectivity index (χ0) is 22.8. The van der Waals surface area contributed by atoms with Gasteiger partial charge in [-0.1, -0.05) is 67.4 Å². The zero-order valence-corrected chi connectivity index (χ0v) is 19.8. The Hall–Kier alpha value is -2.10. The molecule has 2 aromatic carbocycles. The van der Waals surface area contributed by atoms with Crippen LogP contribution in [0.25, 0.3) is 0 Å². The second kappa shape index (κ2) is 9.58. The first kappa shape index (κ1) is 23.6. The predicted molar refractivity (Wildman–Crippen MR) is 128 cm³/mol. The molecule has 0 spiro atoms. The molecule has 1 saturated heterocycles. The molecule has 0 bridgehead atoms. The molecule has 1 fully saturated rings. The number of nitrogens with zero attached hydrogens (tertiary/aromatic N) is 1. The third-order valence-electron chi connectivity index (χ3n) is 6.38. The van der Waals surface area contributed by atoms with Crippen molar-refractivity contribution in [2.75, 3.05) is 0 Å². The van der Waals surface area contributed by atoms with E-state index in [-0.39, 0.29) is 23.7 Å². The third kappa shape index (κ3) is 4.73. The maximum atomic E-state index is 13.9. The van der Waals surface area contributed by atoms with Crippen LogP contribution in [0.3, 0.4) is 0 Å². The Bertz CT molecular complexity index is 972. The normalized spacial score (nSPS) is 24.7. The Morgan fingerprint density at radius 1 is 1.19 bits per heavy atom. The van der Waals surface area contributed by atoms with Crippen molar-refractivity contribution in [3.05, 3.63) is 82.4 Å². The number of amides is 1. The van der Waals surface area contributed by atoms with Crippen LogP contribution in [0.2, 0.25) is 10.0 Å². The minimum Gasteiger partial charge on any atom is -0.325 e. The van der Waals surface area contributed by atoms with E-state index in [9.17, 15) is 9.59 Å². The number of rotatable bonds is 7. The average molecular weight is 458 g/mol. The SMILES string of the molecule is C=CC[C@]1(C)C[C@H](c2cccc(Cl)c2)[C@@H](c2ccc(Cl)cc2)N([C@@H](CC)C(C)=O)C1=O. The van der Waals surface area contributed by atoms with Crippen molar-refractivity contribution in [3.8, 4) is 0 Å². The van der Waals surface area contributed by atoms with Crippen molar-refractivity contribution < 1.29 is 9.59 Å². The third-order valence-corrected chi connectivity index (χ3v) is 6.86. The number of likely N-dealkylation sites (tertiary alicyclic amines) is 1. The molecule has 3 nitrogen and oxygen atoms in total. The lowest BCUT2D eigenvalue weighted by Gasteiger charge is -2.51. The van der Waals surface area contributed by atoms with E-state index in [1.807, 2.05) is 61.2 Å². The highest BCUT2D eigenvalue weighted by molar-refractivity contribution is 6.30. The maximum Gasteiger partial charge on any atom is 0.229 e. The summed E-state index contributed by atoms with van der Waals surface area (Å²) in [5, 5.41) is 1.28. The molecule has 0 N–H and O–H groups in total. The van der Waals surface area contributed by atoms with Crippen LogP contribution in [0.4, 0.5) is 0 Å². The van der Waals surface area contributed by atoms with E-state index < -0.39 is 11.5 Å². The minimum atomic E-state index is -0.652. The molecule has 31 heavy (non-hydrogen) atoms. The first-order valence-corrected chi connectivity index (χ1v) is 11.4. The molecule has 0 unspecified atom stereocenters. The van der Waals surface area contributed by atoms with Gasteiger partial charge in [-0.3, -0.25) is 9.59 Å². The highest BCUT2D eigenvalue weighted by atomic mass is 35.5. The molecule has 2 aromatic rings. The summed E-state index contributed by atoms with van der Waals surface area (Å²) < 4.78 is 0. The monoisotopic (exact) mass is 457 g/mol. The van der Waals surface area contributed by atoms with Crippen molar-refractivity contribution in [1.29, 1.82) is 0 Å². The van der Waals surface area contributed by atoms with Crippen LogP contribution in [-0.4, -0.2) is 22.6 Å². The first-order valence-electron chi connectivity index (χ1n) is 10.7. The second-order valence-corrected chi connectivity index (χ2v) is 9.54. The molecule has 164 valence electrons. The smallest absolute Gasteiger partial charge is 0.229 e. The largest absolute Gasteiger partial charge is 0.325 e. The number of hydrogen-bond acceptors (Lipinski definition) is 2. The van der Waals surface area contributed by atoms with Gasteiger partial charge in [0.2, 0.25) is 5.91 Å². The second-order valence-electron chi connectivity index (χ2n) is 8.66. The molecule has 1 aliphatic rings. The fraction of sp³-hybridized carbons (Fsp3) is 0.385. The Kier molecular flexibility index (Phi) is 7.28. The van der Waals surface area contributed by atoms with Crippen LogP contribution in [0, 0.1) is 5.41 Å². The molecule has 4 atom stereocenters. The van der Waals surface area contributed by atoms with Gasteiger partial charge in [0.25, 0.3) is 0 Å². The predicted octanol–water partition coefficient (Wildman–Crippen LogP) is 7.00. The van der Waals surface area contributed by atoms with Gasteiger partial charge in [0.1, 0.15) is 0 Å². The van der Waals surface area contributed by atoms with Crippen LogP contribution in [0.5, 0.6) is 0 Å². The number of ketones is 1. The number of halogens is 2. The summed E-state index contributed by atoms with van der Waals surface area (Å²) in [5.74, 6) is -0.0499. The van der Waals surface area contributed by atoms with E-state index in [1.54, 1.807) is 13.0 Å². The minimum absolute atomic E-state index is 0.00678. The van der Waals surface area contributed by atoms with E-state index in [4.69, 9.17) is 23.2 Å². The lowest BCUT2D eigenvalue weighted by atomic mass is 9.67. The number of carbonyl (C=O) groups excluding carboxylic acids is 2. The van der Waals surface area contributed by atoms with Gasteiger partial charge in [-0.15, -0.1) is 6.58 Å². The van der Waals surface area contributed by atoms with Gasteiger partial charge < -0.3 is 4.90 Å². The summed E-state index contributed by atoms with van der Waals surface area (Å²) >= 11 is 12.5. The van der Waals surface area contributed by atoms with Crippen LogP contribution in [0.1, 0.15) is 63.1 Å². The fourth-order valence-electron chi connectivity index (χ4n) is 4.91. The van der Waals surface area contributed by atoms with Gasteiger partial charge in [-0.25, -0.2) is 0 Å². The van der Waals surface area contributed by atoms with Crippen LogP contribution >= 0.6 is 23.2 Å². The Balaban J connectivity index is 2.25. The molecule has 1 heterocycles. The van der Waals surface area contributed by atoms with Gasteiger partial charge in [-0.2, -0.15) is 0 Å². The molecular formula is C26H29Cl2NO2. The number of allylic oxidation sites excluding steroid dienone is 1. The molecular weight excluding hydrogens is 429 g/mol. The van der Waals surface area contributed by atoms with E-state index in [0.717, 1.165) is 11.1 Å². The van der Waals surface area contributed by atoms with Crippen molar-refractivity contribution in [2.45, 2.75) is 58.0 Å². The number of hydrogen-bond donors (Lipinski definition) is 0. The summed E-state index contributed by atoms with van der Waals surface area (Å²) in [4.78, 5) is 28.4. The van der Waals surface area contributed by atoms with Gasteiger partial charge in [0.05, 0.1) is 17.5 Å². The van der Waals surface area contributed by atoms with Crippen molar-refractivity contribution in [1.82, 2.24) is 4.90 Å². The van der Waals surface area contributed by atoms with Crippen molar-refractivity contribution in [3.63, 3.8) is 0 Å². The van der Waals surface area contributed by atoms with Crippen LogP contribution in [0.15, 0.2) is 61.2 Å². The van der Waals surface area contributed by atoms with Gasteiger partial charge >= 0.3 is 0 Å². The topological polar surface area (TPSA) is 37.4 Å². The van der Waals surface area contributed by atoms with Gasteiger partial charge in [-0.05, 0) is 61.6 Å². The summed E-state index contributed by atoms with van der Waals surface area (Å²) in [5.41, 5.74) is 1.36. The van der Waals surface area contributed by atoms with Crippen LogP contribution < -0.4 is 0 Å². The molecule has 3 rings (SSSR count). The zero-order valence-electron chi connectivity index (χ0n) is 18.3. The lowest BCUT2D eigenvalue weighted by Crippen LogP contribution is -2.57. The maximum absolute atomic E-state index is 13.9. The molecule has 0 saturated carbocycles. The quantitative estimate of drug-likeness (QED) is 0.419. The molecule has 5 heteroatoms. The molecule has 1 aliphatic heterocycles. The van der Waals surface area contributed by atoms with E-state index in [2.05, 4.69) is 12.6 Å². The van der Waals surface area contributed by atoms with Crippen molar-refractivity contribution >= 4 is 34.9 Å². The Morgan fingerprint density at radius 3 is 2.42 bits per heavy atom. The summed E-state index contributed by atoms with van der Waals surface area (Å²) in [7, 11) is 0. The Morgan fingerprint density at radius 2 is 1.87 bits per heavy atom. The molecule has 0 aliphatic carbocycles. The van der Waals surface area contributed by atoms with Gasteiger partial charge in [0.15, 0.2) is 5.78 Å². The number of Topliss-reactive ketones (excluding diaryl/α,β-unsaturated/α-hetero) is 1.